The number of benzene rings is 1. The van der Waals surface area contributed by atoms with Gasteiger partial charge in [-0.2, -0.15) is 0 Å². The Morgan fingerprint density at radius 1 is 1.33 bits per heavy atom. The Morgan fingerprint density at radius 2 is 2.14 bits per heavy atom. The molecule has 1 fully saturated rings. The first-order valence-corrected chi connectivity index (χ1v) is 7.23. The van der Waals surface area contributed by atoms with Crippen molar-refractivity contribution in [3.05, 3.63) is 48.2 Å². The molecule has 0 bridgehead atoms. The Kier molecular flexibility index (Phi) is 3.97. The number of aliphatic hydroxyl groups excluding tert-OH is 1. The Labute approximate surface area is 123 Å². The van der Waals surface area contributed by atoms with E-state index in [0.717, 1.165) is 29.3 Å². The maximum absolute atomic E-state index is 12.2. The van der Waals surface area contributed by atoms with E-state index in [1.54, 1.807) is 17.2 Å². The smallest absolute Gasteiger partial charge is 0.246 e. The van der Waals surface area contributed by atoms with E-state index in [2.05, 4.69) is 4.98 Å². The van der Waals surface area contributed by atoms with Gasteiger partial charge in [-0.25, -0.2) is 0 Å². The van der Waals surface area contributed by atoms with Crippen molar-refractivity contribution >= 4 is 22.9 Å². The van der Waals surface area contributed by atoms with Gasteiger partial charge in [0, 0.05) is 30.2 Å². The van der Waals surface area contributed by atoms with Crippen molar-refractivity contribution in [3.8, 4) is 0 Å². The van der Waals surface area contributed by atoms with Gasteiger partial charge in [0.25, 0.3) is 0 Å². The predicted octanol–water partition coefficient (Wildman–Crippen LogP) is 2.23. The largest absolute Gasteiger partial charge is 0.395 e. The van der Waals surface area contributed by atoms with Crippen molar-refractivity contribution in [3.63, 3.8) is 0 Å². The summed E-state index contributed by atoms with van der Waals surface area (Å²) in [6, 6.07) is 10.1. The summed E-state index contributed by atoms with van der Waals surface area (Å²) in [4.78, 5) is 18.3. The van der Waals surface area contributed by atoms with E-state index < -0.39 is 0 Å². The molecule has 3 rings (SSSR count). The standard InChI is InChI=1S/C17H18N2O2/c20-12-11-19(14-6-7-14)17(21)8-5-13-9-10-18-16-4-2-1-3-15(13)16/h1-5,8-10,14,20H,6-7,11-12H2/b8-5+. The molecule has 0 aliphatic heterocycles. The van der Waals surface area contributed by atoms with Gasteiger partial charge in [0.05, 0.1) is 12.1 Å². The van der Waals surface area contributed by atoms with E-state index in [1.165, 1.54) is 0 Å². The SMILES string of the molecule is O=C(/C=C/c1ccnc2ccccc12)N(CCO)C1CC1. The molecule has 0 spiro atoms. The number of aromatic nitrogens is 1. The number of aliphatic hydroxyl groups is 1. The molecule has 1 aromatic carbocycles. The summed E-state index contributed by atoms with van der Waals surface area (Å²) < 4.78 is 0. The zero-order chi connectivity index (χ0) is 14.7. The Bertz CT molecular complexity index is 672. The van der Waals surface area contributed by atoms with E-state index in [0.29, 0.717) is 12.6 Å². The maximum Gasteiger partial charge on any atom is 0.246 e. The second-order valence-corrected chi connectivity index (χ2v) is 5.24. The average Bonchev–Trinajstić information content (AvgIpc) is 3.35. The first-order valence-electron chi connectivity index (χ1n) is 7.23. The lowest BCUT2D eigenvalue weighted by Crippen LogP contribution is -2.34. The van der Waals surface area contributed by atoms with Gasteiger partial charge in [0.2, 0.25) is 5.91 Å². The highest BCUT2D eigenvalue weighted by molar-refractivity contribution is 5.95. The first kappa shape index (κ1) is 13.8. The van der Waals surface area contributed by atoms with Crippen LogP contribution in [-0.2, 0) is 4.79 Å². The van der Waals surface area contributed by atoms with Gasteiger partial charge < -0.3 is 10.0 Å². The highest BCUT2D eigenvalue weighted by Crippen LogP contribution is 2.27. The zero-order valence-electron chi connectivity index (χ0n) is 11.8. The van der Waals surface area contributed by atoms with Crippen molar-refractivity contribution in [2.45, 2.75) is 18.9 Å². The summed E-state index contributed by atoms with van der Waals surface area (Å²) in [6.45, 7) is 0.416. The Morgan fingerprint density at radius 3 is 2.90 bits per heavy atom. The molecule has 2 aromatic rings. The van der Waals surface area contributed by atoms with E-state index in [-0.39, 0.29) is 12.5 Å². The van der Waals surface area contributed by atoms with Crippen molar-refractivity contribution < 1.29 is 9.90 Å². The number of amides is 1. The van der Waals surface area contributed by atoms with Crippen molar-refractivity contribution in [2.75, 3.05) is 13.2 Å². The second kappa shape index (κ2) is 6.06. The molecule has 1 aliphatic carbocycles. The molecule has 4 heteroatoms. The number of pyridine rings is 1. The van der Waals surface area contributed by atoms with Gasteiger partial charge in [0.15, 0.2) is 0 Å². The lowest BCUT2D eigenvalue weighted by atomic mass is 10.1. The number of rotatable bonds is 5. The highest BCUT2D eigenvalue weighted by Gasteiger charge is 2.30. The molecule has 1 heterocycles. The molecule has 1 aromatic heterocycles. The third kappa shape index (κ3) is 3.11. The fourth-order valence-corrected chi connectivity index (χ4v) is 2.49. The van der Waals surface area contributed by atoms with Crippen LogP contribution in [0.1, 0.15) is 18.4 Å². The molecule has 0 atom stereocenters. The molecule has 4 nitrogen and oxygen atoms in total. The van der Waals surface area contributed by atoms with Crippen LogP contribution in [0.15, 0.2) is 42.6 Å². The van der Waals surface area contributed by atoms with E-state index in [1.807, 2.05) is 36.4 Å². The van der Waals surface area contributed by atoms with Crippen molar-refractivity contribution in [2.24, 2.45) is 0 Å². The lowest BCUT2D eigenvalue weighted by Gasteiger charge is -2.19. The molecule has 0 radical (unpaired) electrons. The second-order valence-electron chi connectivity index (χ2n) is 5.24. The minimum Gasteiger partial charge on any atom is -0.395 e. The van der Waals surface area contributed by atoms with Crippen LogP contribution in [0.3, 0.4) is 0 Å². The van der Waals surface area contributed by atoms with Crippen LogP contribution < -0.4 is 0 Å². The van der Waals surface area contributed by atoms with Gasteiger partial charge in [-0.3, -0.25) is 9.78 Å². The summed E-state index contributed by atoms with van der Waals surface area (Å²) >= 11 is 0. The number of hydrogen-bond donors (Lipinski definition) is 1. The summed E-state index contributed by atoms with van der Waals surface area (Å²) in [7, 11) is 0. The molecule has 1 amide bonds. The summed E-state index contributed by atoms with van der Waals surface area (Å²) in [5.41, 5.74) is 1.90. The number of nitrogens with zero attached hydrogens (tertiary/aromatic N) is 2. The molecule has 1 saturated carbocycles. The van der Waals surface area contributed by atoms with Crippen LogP contribution in [0.2, 0.25) is 0 Å². The molecular formula is C17H18N2O2. The number of carbonyl (C=O) groups is 1. The molecule has 1 aliphatic rings. The van der Waals surface area contributed by atoms with E-state index >= 15 is 0 Å². The monoisotopic (exact) mass is 282 g/mol. The third-order valence-electron chi connectivity index (χ3n) is 3.70. The average molecular weight is 282 g/mol. The molecular weight excluding hydrogens is 264 g/mol. The van der Waals surface area contributed by atoms with Gasteiger partial charge in [-0.05, 0) is 36.6 Å². The number of para-hydroxylation sites is 1. The fourth-order valence-electron chi connectivity index (χ4n) is 2.49. The lowest BCUT2D eigenvalue weighted by molar-refractivity contribution is -0.127. The summed E-state index contributed by atoms with van der Waals surface area (Å²) in [5, 5.41) is 10.1. The minimum atomic E-state index is -0.0348. The van der Waals surface area contributed by atoms with E-state index in [9.17, 15) is 4.79 Å². The van der Waals surface area contributed by atoms with Crippen LogP contribution in [0.4, 0.5) is 0 Å². The van der Waals surface area contributed by atoms with Crippen LogP contribution in [-0.4, -0.2) is 40.1 Å². The molecule has 0 unspecified atom stereocenters. The minimum absolute atomic E-state index is 0.00820. The number of hydrogen-bond acceptors (Lipinski definition) is 3. The fraction of sp³-hybridized carbons (Fsp3) is 0.294. The number of fused-ring (bicyclic) bond motifs is 1. The normalized spacial score (nSPS) is 14.7. The van der Waals surface area contributed by atoms with Gasteiger partial charge in [-0.15, -0.1) is 0 Å². The number of carbonyl (C=O) groups excluding carboxylic acids is 1. The quantitative estimate of drug-likeness (QED) is 0.856. The van der Waals surface area contributed by atoms with Crippen molar-refractivity contribution in [1.82, 2.24) is 9.88 Å². The molecule has 1 N–H and O–H groups in total. The van der Waals surface area contributed by atoms with Crippen LogP contribution in [0.25, 0.3) is 17.0 Å². The summed E-state index contributed by atoms with van der Waals surface area (Å²) in [6.07, 6.45) is 7.25. The molecule has 108 valence electrons. The molecule has 0 saturated heterocycles. The highest BCUT2D eigenvalue weighted by atomic mass is 16.3. The molecule has 21 heavy (non-hydrogen) atoms. The first-order chi connectivity index (χ1) is 10.3. The maximum atomic E-state index is 12.2. The van der Waals surface area contributed by atoms with Crippen LogP contribution in [0, 0.1) is 0 Å². The summed E-state index contributed by atoms with van der Waals surface area (Å²) in [5.74, 6) is -0.0348. The predicted molar refractivity (Wildman–Crippen MR) is 82.6 cm³/mol. The third-order valence-corrected chi connectivity index (χ3v) is 3.70. The topological polar surface area (TPSA) is 53.4 Å². The Balaban J connectivity index is 1.82. The van der Waals surface area contributed by atoms with Crippen LogP contribution in [0.5, 0.6) is 0 Å². The zero-order valence-corrected chi connectivity index (χ0v) is 11.8. The van der Waals surface area contributed by atoms with Crippen LogP contribution >= 0.6 is 0 Å². The van der Waals surface area contributed by atoms with Gasteiger partial charge in [-0.1, -0.05) is 18.2 Å². The van der Waals surface area contributed by atoms with E-state index in [4.69, 9.17) is 5.11 Å². The Hall–Kier alpha value is -2.20. The van der Waals surface area contributed by atoms with Gasteiger partial charge >= 0.3 is 0 Å². The van der Waals surface area contributed by atoms with Crippen molar-refractivity contribution in [1.29, 1.82) is 0 Å². The van der Waals surface area contributed by atoms with Gasteiger partial charge in [0.1, 0.15) is 0 Å².